The van der Waals surface area contributed by atoms with E-state index < -0.39 is 30.6 Å². The molecular formula is C51H49Br2N7O10. The Labute approximate surface area is 421 Å². The predicted octanol–water partition coefficient (Wildman–Crippen LogP) is 8.22. The van der Waals surface area contributed by atoms with Crippen LogP contribution in [0.3, 0.4) is 0 Å². The SMILES string of the molecule is Cc1c(COc2nc(OCc3cncc(C#N)c3)c(CCC[C@H](O)CC(=O)O)cc2Br)cccc1-c1cccc(COc2nc(OCc3cncc(C#N)c3)c(CNC[C@H](O)CC(=O)O)cc2Br)c1C. The van der Waals surface area contributed by atoms with E-state index in [0.717, 1.165) is 38.9 Å². The summed E-state index contributed by atoms with van der Waals surface area (Å²) in [4.78, 5) is 39.8. The normalized spacial score (nSPS) is 11.8. The molecule has 6 rings (SSSR count). The second kappa shape index (κ2) is 25.6. The second-order valence-electron chi connectivity index (χ2n) is 16.2. The van der Waals surface area contributed by atoms with E-state index in [9.17, 15) is 30.3 Å². The molecule has 0 aliphatic carbocycles. The van der Waals surface area contributed by atoms with Crippen LogP contribution in [0.1, 0.15) is 81.3 Å². The van der Waals surface area contributed by atoms with Gasteiger partial charge in [0.15, 0.2) is 0 Å². The highest BCUT2D eigenvalue weighted by molar-refractivity contribution is 9.10. The van der Waals surface area contributed by atoms with Gasteiger partial charge in [-0.05, 0) is 123 Å². The summed E-state index contributed by atoms with van der Waals surface area (Å²) in [6.45, 7) is 4.71. The molecule has 0 aliphatic heterocycles. The van der Waals surface area contributed by atoms with Crippen LogP contribution < -0.4 is 24.3 Å². The third-order valence-electron chi connectivity index (χ3n) is 11.0. The van der Waals surface area contributed by atoms with Crippen molar-refractivity contribution in [1.82, 2.24) is 25.3 Å². The molecule has 2 aromatic carbocycles. The Balaban J connectivity index is 1.18. The number of aryl methyl sites for hydroxylation is 1. The highest BCUT2D eigenvalue weighted by Crippen LogP contribution is 2.35. The summed E-state index contributed by atoms with van der Waals surface area (Å²) in [7, 11) is 0. The van der Waals surface area contributed by atoms with Gasteiger partial charge in [-0.2, -0.15) is 20.5 Å². The number of nitriles is 2. The number of aromatic nitrogens is 4. The Morgan fingerprint density at radius 1 is 0.643 bits per heavy atom. The Kier molecular flexibility index (Phi) is 19.1. The molecule has 2 atom stereocenters. The minimum atomic E-state index is -1.11. The molecule has 0 radical (unpaired) electrons. The van der Waals surface area contributed by atoms with E-state index >= 15 is 0 Å². The van der Waals surface area contributed by atoms with Crippen LogP contribution in [0.5, 0.6) is 23.5 Å². The maximum absolute atomic E-state index is 11.1. The maximum atomic E-state index is 11.1. The van der Waals surface area contributed by atoms with E-state index in [1.165, 1.54) is 12.4 Å². The molecule has 0 aliphatic rings. The van der Waals surface area contributed by atoms with E-state index in [1.54, 1.807) is 30.6 Å². The molecule has 0 bridgehead atoms. The van der Waals surface area contributed by atoms with Gasteiger partial charge in [0.2, 0.25) is 23.5 Å². The van der Waals surface area contributed by atoms with Crippen molar-refractivity contribution >= 4 is 43.8 Å². The number of nitrogens with zero attached hydrogens (tertiary/aromatic N) is 6. The number of pyridine rings is 4. The molecule has 6 aromatic rings. The van der Waals surface area contributed by atoms with Crippen LogP contribution in [-0.4, -0.2) is 71.1 Å². The fourth-order valence-electron chi connectivity index (χ4n) is 7.34. The van der Waals surface area contributed by atoms with Crippen molar-refractivity contribution in [1.29, 1.82) is 10.5 Å². The summed E-state index contributed by atoms with van der Waals surface area (Å²) >= 11 is 7.21. The number of benzene rings is 2. The molecule has 0 spiro atoms. The van der Waals surface area contributed by atoms with Gasteiger partial charge < -0.3 is 44.7 Å². The minimum absolute atomic E-state index is 0.0229. The zero-order chi connectivity index (χ0) is 50.2. The first-order valence-corrected chi connectivity index (χ1v) is 23.6. The summed E-state index contributed by atoms with van der Waals surface area (Å²) in [5.74, 6) is -1.12. The number of carboxylic acid groups (broad SMARTS) is 2. The molecule has 0 unspecified atom stereocenters. The highest BCUT2D eigenvalue weighted by atomic mass is 79.9. The molecule has 4 aromatic heterocycles. The number of ether oxygens (including phenoxy) is 4. The zero-order valence-corrected chi connectivity index (χ0v) is 41.4. The average molecular weight is 1080 g/mol. The number of nitrogens with one attached hydrogen (secondary N) is 1. The first-order chi connectivity index (χ1) is 33.7. The fraction of sp³-hybridized carbons (Fsp3) is 0.294. The molecule has 17 nitrogen and oxygen atoms in total. The standard InChI is InChI=1S/C51H49Br2N7O10/c1-30-37(28-69-50-44(52)14-36(6-3-9-40(61)16-46(63)64)48(59-50)67-26-34-12-32(18-54)20-56-22-34)7-4-10-42(30)43-11-5-8-38(31(43)2)29-70-51-45(53)15-39(24-58-25-41(62)17-47(65)66)49(60-51)68-27-35-13-33(19-55)21-57-23-35/h4-5,7-8,10-15,20-23,40-41,58,61-62H,3,6,9,16-17,24-29H2,1-2H3,(H,63,64)(H,65,66)/t40-,41+/m0/s1. The van der Waals surface area contributed by atoms with Gasteiger partial charge in [0, 0.05) is 60.1 Å². The molecule has 0 fully saturated rings. The smallest absolute Gasteiger partial charge is 0.306 e. The lowest BCUT2D eigenvalue weighted by Gasteiger charge is -2.18. The number of carbonyl (C=O) groups is 2. The Morgan fingerprint density at radius 2 is 1.11 bits per heavy atom. The lowest BCUT2D eigenvalue weighted by atomic mass is 9.92. The number of halogens is 2. The lowest BCUT2D eigenvalue weighted by molar-refractivity contribution is -0.140. The lowest BCUT2D eigenvalue weighted by Crippen LogP contribution is -2.28. The molecule has 70 heavy (non-hydrogen) atoms. The molecule has 0 saturated heterocycles. The summed E-state index contributed by atoms with van der Waals surface area (Å²) in [5.41, 5.74) is 9.16. The molecular weight excluding hydrogens is 1030 g/mol. The van der Waals surface area contributed by atoms with E-state index in [4.69, 9.17) is 39.1 Å². The number of hydrogen-bond donors (Lipinski definition) is 5. The van der Waals surface area contributed by atoms with Crippen molar-refractivity contribution in [2.24, 2.45) is 0 Å². The van der Waals surface area contributed by atoms with Gasteiger partial charge in [-0.25, -0.2) is 0 Å². The summed E-state index contributed by atoms with van der Waals surface area (Å²) in [6, 6.07) is 23.1. The fourth-order valence-corrected chi connectivity index (χ4v) is 8.30. The third kappa shape index (κ3) is 15.0. The number of aliphatic hydroxyl groups is 2. The predicted molar refractivity (Wildman–Crippen MR) is 262 cm³/mol. The quantitative estimate of drug-likeness (QED) is 0.0361. The largest absolute Gasteiger partial charge is 0.481 e. The van der Waals surface area contributed by atoms with Crippen molar-refractivity contribution in [3.05, 3.63) is 150 Å². The highest BCUT2D eigenvalue weighted by Gasteiger charge is 2.19. The van der Waals surface area contributed by atoms with Gasteiger partial charge >= 0.3 is 11.9 Å². The van der Waals surface area contributed by atoms with Crippen LogP contribution in [-0.2, 0) is 49.0 Å². The third-order valence-corrected chi connectivity index (χ3v) is 12.1. The number of carboxylic acids is 2. The first-order valence-electron chi connectivity index (χ1n) is 22.0. The maximum Gasteiger partial charge on any atom is 0.306 e. The van der Waals surface area contributed by atoms with Gasteiger partial charge in [-0.15, -0.1) is 0 Å². The van der Waals surface area contributed by atoms with Gasteiger partial charge in [0.1, 0.15) is 38.6 Å². The van der Waals surface area contributed by atoms with Gasteiger partial charge in [0.25, 0.3) is 0 Å². The monoisotopic (exact) mass is 1080 g/mol. The molecule has 362 valence electrons. The molecule has 0 amide bonds. The van der Waals surface area contributed by atoms with Crippen LogP contribution in [0, 0.1) is 36.5 Å². The summed E-state index contributed by atoms with van der Waals surface area (Å²) in [5, 5.41) is 60.1. The van der Waals surface area contributed by atoms with Gasteiger partial charge in [-0.3, -0.25) is 19.6 Å². The molecule has 4 heterocycles. The van der Waals surface area contributed by atoms with E-state index in [2.05, 4.69) is 59.3 Å². The van der Waals surface area contributed by atoms with Crippen LogP contribution in [0.4, 0.5) is 0 Å². The number of hydrogen-bond acceptors (Lipinski definition) is 15. The number of aliphatic carboxylic acids is 2. The van der Waals surface area contributed by atoms with E-state index in [0.29, 0.717) is 49.6 Å². The van der Waals surface area contributed by atoms with Crippen molar-refractivity contribution in [2.45, 2.75) is 91.1 Å². The van der Waals surface area contributed by atoms with Crippen molar-refractivity contribution in [3.8, 4) is 46.8 Å². The van der Waals surface area contributed by atoms with Crippen LogP contribution >= 0.6 is 31.9 Å². The first kappa shape index (κ1) is 52.4. The molecule has 19 heteroatoms. The Hall–Kier alpha value is -7.00. The van der Waals surface area contributed by atoms with Crippen LogP contribution in [0.15, 0.2) is 94.4 Å². The van der Waals surface area contributed by atoms with Crippen molar-refractivity contribution in [3.63, 3.8) is 0 Å². The average Bonchev–Trinajstić information content (AvgIpc) is 3.33. The van der Waals surface area contributed by atoms with Gasteiger partial charge in [0.05, 0.1) is 45.1 Å². The van der Waals surface area contributed by atoms with Crippen LogP contribution in [0.2, 0.25) is 0 Å². The number of aliphatic hydroxyl groups excluding tert-OH is 2. The Morgan fingerprint density at radius 3 is 1.61 bits per heavy atom. The zero-order valence-electron chi connectivity index (χ0n) is 38.2. The van der Waals surface area contributed by atoms with Crippen LogP contribution in [0.25, 0.3) is 11.1 Å². The van der Waals surface area contributed by atoms with Gasteiger partial charge in [-0.1, -0.05) is 36.4 Å². The minimum Gasteiger partial charge on any atom is -0.481 e. The number of rotatable bonds is 25. The molecule has 5 N–H and O–H groups in total. The van der Waals surface area contributed by atoms with Crippen molar-refractivity contribution in [2.75, 3.05) is 6.54 Å². The summed E-state index contributed by atoms with van der Waals surface area (Å²) < 4.78 is 26.1. The summed E-state index contributed by atoms with van der Waals surface area (Å²) in [6.07, 6.45) is 4.46. The van der Waals surface area contributed by atoms with Crippen molar-refractivity contribution < 1.29 is 49.0 Å². The molecule has 0 saturated carbocycles. The second-order valence-corrected chi connectivity index (χ2v) is 17.9. The van der Waals surface area contributed by atoms with E-state index in [1.807, 2.05) is 56.3 Å². The van der Waals surface area contributed by atoms with E-state index in [-0.39, 0.29) is 75.9 Å². The Bertz CT molecular complexity index is 2710. The topological polar surface area (TPSA) is 263 Å².